The highest BCUT2D eigenvalue weighted by atomic mass is 15.1. The molecule has 0 radical (unpaired) electrons. The first kappa shape index (κ1) is 17.9. The number of hydrogen-bond donors (Lipinski definition) is 2. The van der Waals surface area contributed by atoms with E-state index in [0.29, 0.717) is 17.3 Å². The number of hydrogen-bond acceptors (Lipinski definition) is 5. The van der Waals surface area contributed by atoms with Crippen LogP contribution in [0.5, 0.6) is 0 Å². The van der Waals surface area contributed by atoms with Gasteiger partial charge in [0.15, 0.2) is 7.98 Å². The molecule has 0 unspecified atom stereocenters. The second-order valence-corrected chi connectivity index (χ2v) is 7.71. The molecule has 2 aromatic heterocycles. The number of aryl methyl sites for hydroxylation is 1. The van der Waals surface area contributed by atoms with E-state index >= 15 is 0 Å². The van der Waals surface area contributed by atoms with E-state index in [1.807, 2.05) is 34.9 Å². The molecule has 1 saturated heterocycles. The average Bonchev–Trinajstić information content (AvgIpc) is 3.06. The number of benzene rings is 1. The summed E-state index contributed by atoms with van der Waals surface area (Å²) in [5.74, 6) is 2.05. The van der Waals surface area contributed by atoms with E-state index in [-0.39, 0.29) is 0 Å². The Labute approximate surface area is 161 Å². The largest absolute Gasteiger partial charge is 0.398 e. The smallest absolute Gasteiger partial charge is 0.236 e. The molecule has 0 atom stereocenters. The van der Waals surface area contributed by atoms with Crippen LogP contribution in [0, 0.1) is 5.92 Å². The van der Waals surface area contributed by atoms with Gasteiger partial charge in [0, 0.05) is 29.2 Å². The highest BCUT2D eigenvalue weighted by molar-refractivity contribution is 6.04. The zero-order valence-corrected chi connectivity index (χ0v) is 15.9. The maximum Gasteiger partial charge on any atom is 0.236 e. The number of rotatable bonds is 5. The fourth-order valence-electron chi connectivity index (χ4n) is 3.96. The van der Waals surface area contributed by atoms with Crippen LogP contribution in [0.25, 0.3) is 17.0 Å². The van der Waals surface area contributed by atoms with Crippen molar-refractivity contribution in [2.24, 2.45) is 5.92 Å². The summed E-state index contributed by atoms with van der Waals surface area (Å²) < 4.78 is 1.96. The van der Waals surface area contributed by atoms with Gasteiger partial charge >= 0.3 is 0 Å². The van der Waals surface area contributed by atoms with Crippen molar-refractivity contribution in [3.8, 4) is 11.3 Å². The molecule has 0 bridgehead atoms. The maximum absolute atomic E-state index is 6.21. The van der Waals surface area contributed by atoms with Crippen molar-refractivity contribution >= 4 is 25.3 Å². The molecule has 3 aromatic rings. The predicted octanol–water partition coefficient (Wildman–Crippen LogP) is 2.14. The normalized spacial score (nSPS) is 16.1. The summed E-state index contributed by atoms with van der Waals surface area (Å²) in [6.07, 6.45) is 10.1. The van der Waals surface area contributed by atoms with Crippen LogP contribution >= 0.6 is 0 Å². The van der Waals surface area contributed by atoms with E-state index in [4.69, 9.17) is 11.5 Å². The molecule has 140 valence electrons. The summed E-state index contributed by atoms with van der Waals surface area (Å²) in [5, 5.41) is 0. The molecule has 7 heteroatoms. The van der Waals surface area contributed by atoms with Crippen LogP contribution in [0.4, 0.5) is 11.5 Å². The molecular weight excluding hydrogens is 335 g/mol. The Hall–Kier alpha value is -2.54. The molecular formula is C20H27BN6. The summed E-state index contributed by atoms with van der Waals surface area (Å²) in [4.78, 5) is 11.5. The SMILES string of the molecule is BN1CCC(CCCc2cn3cc(-c4ccccc4N)nc3nc2N)CC1. The van der Waals surface area contributed by atoms with E-state index < -0.39 is 0 Å². The minimum atomic E-state index is 0.587. The van der Waals surface area contributed by atoms with Gasteiger partial charge in [-0.3, -0.25) is 4.40 Å². The molecule has 1 aromatic carbocycles. The summed E-state index contributed by atoms with van der Waals surface area (Å²) in [5.41, 5.74) is 15.8. The van der Waals surface area contributed by atoms with Crippen LogP contribution in [0.1, 0.15) is 31.2 Å². The number of nitrogen functional groups attached to an aromatic ring is 2. The Kier molecular flexibility index (Phi) is 5.03. The first-order valence-corrected chi connectivity index (χ1v) is 9.77. The highest BCUT2D eigenvalue weighted by Gasteiger charge is 2.16. The van der Waals surface area contributed by atoms with Crippen LogP contribution < -0.4 is 11.5 Å². The Bertz CT molecular complexity index is 929. The van der Waals surface area contributed by atoms with E-state index in [2.05, 4.69) is 29.0 Å². The molecule has 0 spiro atoms. The van der Waals surface area contributed by atoms with Gasteiger partial charge in [-0.25, -0.2) is 4.98 Å². The topological polar surface area (TPSA) is 85.5 Å². The Morgan fingerprint density at radius 3 is 2.63 bits per heavy atom. The molecule has 0 amide bonds. The van der Waals surface area contributed by atoms with E-state index in [1.165, 1.54) is 32.4 Å². The molecule has 27 heavy (non-hydrogen) atoms. The van der Waals surface area contributed by atoms with E-state index in [9.17, 15) is 0 Å². The monoisotopic (exact) mass is 362 g/mol. The Morgan fingerprint density at radius 1 is 1.07 bits per heavy atom. The molecule has 1 aliphatic rings. The van der Waals surface area contributed by atoms with Gasteiger partial charge in [-0.1, -0.05) is 24.6 Å². The first-order chi connectivity index (χ1) is 13.1. The van der Waals surface area contributed by atoms with Crippen LogP contribution in [0.15, 0.2) is 36.7 Å². The molecule has 1 aliphatic heterocycles. The zero-order valence-electron chi connectivity index (χ0n) is 15.9. The number of nitrogens with two attached hydrogens (primary N) is 2. The van der Waals surface area contributed by atoms with Gasteiger partial charge in [0.2, 0.25) is 5.78 Å². The second kappa shape index (κ2) is 7.60. The van der Waals surface area contributed by atoms with E-state index in [1.54, 1.807) is 0 Å². The van der Waals surface area contributed by atoms with Gasteiger partial charge in [0.05, 0.1) is 5.69 Å². The molecule has 0 aliphatic carbocycles. The number of imidazole rings is 1. The van der Waals surface area contributed by atoms with Crippen LogP contribution in [0.2, 0.25) is 0 Å². The predicted molar refractivity (Wildman–Crippen MR) is 113 cm³/mol. The summed E-state index contributed by atoms with van der Waals surface area (Å²) in [6.45, 7) is 2.45. The van der Waals surface area contributed by atoms with Crippen molar-refractivity contribution in [3.05, 3.63) is 42.2 Å². The van der Waals surface area contributed by atoms with Crippen molar-refractivity contribution < 1.29 is 0 Å². The van der Waals surface area contributed by atoms with Gasteiger partial charge < -0.3 is 16.3 Å². The highest BCUT2D eigenvalue weighted by Crippen LogP contribution is 2.26. The number of anilines is 2. The molecule has 4 N–H and O–H groups in total. The number of piperidine rings is 1. The van der Waals surface area contributed by atoms with Crippen molar-refractivity contribution in [3.63, 3.8) is 0 Å². The fourth-order valence-corrected chi connectivity index (χ4v) is 3.96. The fraction of sp³-hybridized carbons (Fsp3) is 0.400. The standard InChI is InChI=1S/C20H27BN6/c21-27-10-8-14(9-11-27)4-3-5-15-12-26-13-18(24-20(26)25-19(15)23)16-6-1-2-7-17(16)22/h1-2,6-7,12-14H,3-5,8-11,21-22H2,(H2,23,24,25). The minimum Gasteiger partial charge on any atom is -0.398 e. The van der Waals surface area contributed by atoms with Gasteiger partial charge in [0.1, 0.15) is 5.82 Å². The lowest BCUT2D eigenvalue weighted by Crippen LogP contribution is -2.31. The van der Waals surface area contributed by atoms with Gasteiger partial charge in [-0.2, -0.15) is 4.98 Å². The van der Waals surface area contributed by atoms with Crippen LogP contribution in [-0.2, 0) is 6.42 Å². The average molecular weight is 362 g/mol. The minimum absolute atomic E-state index is 0.587. The van der Waals surface area contributed by atoms with Crippen molar-refractivity contribution in [1.82, 2.24) is 19.2 Å². The second-order valence-electron chi connectivity index (χ2n) is 7.71. The van der Waals surface area contributed by atoms with Crippen molar-refractivity contribution in [2.75, 3.05) is 24.6 Å². The lowest BCUT2D eigenvalue weighted by molar-refractivity contribution is 0.268. The number of fused-ring (bicyclic) bond motifs is 1. The number of aromatic nitrogens is 3. The summed E-state index contributed by atoms with van der Waals surface area (Å²) in [6, 6.07) is 7.75. The molecule has 3 heterocycles. The molecule has 6 nitrogen and oxygen atoms in total. The quantitative estimate of drug-likeness (QED) is 0.537. The third kappa shape index (κ3) is 3.93. The molecule has 0 saturated carbocycles. The van der Waals surface area contributed by atoms with Gasteiger partial charge in [-0.05, 0) is 50.8 Å². The van der Waals surface area contributed by atoms with E-state index in [0.717, 1.165) is 35.6 Å². The lowest BCUT2D eigenvalue weighted by atomic mass is 9.90. The number of para-hydroxylation sites is 1. The Balaban J connectivity index is 1.47. The van der Waals surface area contributed by atoms with Crippen LogP contribution in [0.3, 0.4) is 0 Å². The third-order valence-corrected chi connectivity index (χ3v) is 5.69. The lowest BCUT2D eigenvalue weighted by Gasteiger charge is -2.29. The molecule has 4 rings (SSSR count). The third-order valence-electron chi connectivity index (χ3n) is 5.69. The molecule has 1 fully saturated rings. The maximum atomic E-state index is 6.21. The number of nitrogens with zero attached hydrogens (tertiary/aromatic N) is 4. The Morgan fingerprint density at radius 2 is 1.85 bits per heavy atom. The van der Waals surface area contributed by atoms with Crippen molar-refractivity contribution in [2.45, 2.75) is 32.1 Å². The van der Waals surface area contributed by atoms with Crippen LogP contribution in [-0.4, -0.2) is 40.3 Å². The van der Waals surface area contributed by atoms with Gasteiger partial charge in [-0.15, -0.1) is 0 Å². The zero-order chi connectivity index (χ0) is 18.8. The summed E-state index contributed by atoms with van der Waals surface area (Å²) in [7, 11) is 2.21. The summed E-state index contributed by atoms with van der Waals surface area (Å²) >= 11 is 0. The first-order valence-electron chi connectivity index (χ1n) is 9.77. The van der Waals surface area contributed by atoms with Gasteiger partial charge in [0.25, 0.3) is 0 Å². The van der Waals surface area contributed by atoms with Crippen molar-refractivity contribution in [1.29, 1.82) is 0 Å².